The van der Waals surface area contributed by atoms with E-state index >= 15 is 0 Å². The van der Waals surface area contributed by atoms with Gasteiger partial charge in [-0.15, -0.1) is 5.10 Å². The number of nitrogens with one attached hydrogen (secondary N) is 3. The number of para-hydroxylation sites is 1. The number of nitrogens with zero attached hydrogens (tertiary/aromatic N) is 3. The van der Waals surface area contributed by atoms with E-state index < -0.39 is 30.8 Å². The molecule has 3 rings (SSSR count). The van der Waals surface area contributed by atoms with Crippen molar-refractivity contribution in [1.29, 1.82) is 0 Å². The molecule has 2 aromatic rings. The maximum Gasteiger partial charge on any atom is 0.547 e. The minimum atomic E-state index is -1.41. The van der Waals surface area contributed by atoms with E-state index in [4.69, 9.17) is 4.65 Å². The molecule has 158 valence electrons. The molecule has 0 aliphatic carbocycles. The van der Waals surface area contributed by atoms with Gasteiger partial charge in [-0.3, -0.25) is 9.59 Å². The number of carbonyl (C=O) groups excluding carboxylic acids is 2. The van der Waals surface area contributed by atoms with Gasteiger partial charge in [-0.05, 0) is 25.1 Å². The van der Waals surface area contributed by atoms with Gasteiger partial charge < -0.3 is 30.7 Å². The van der Waals surface area contributed by atoms with Crippen molar-refractivity contribution in [2.24, 2.45) is 0 Å². The molecule has 1 aromatic heterocycles. The first kappa shape index (κ1) is 21.3. The Morgan fingerprint density at radius 2 is 2.13 bits per heavy atom. The molecule has 13 heteroatoms. The molecule has 2 amide bonds. The first-order valence-electron chi connectivity index (χ1n) is 9.21. The predicted octanol–water partition coefficient (Wildman–Crippen LogP) is -1.93. The lowest BCUT2D eigenvalue weighted by Crippen LogP contribution is -2.53. The molecule has 0 saturated carbocycles. The lowest BCUT2D eigenvalue weighted by Gasteiger charge is -2.28. The zero-order valence-corrected chi connectivity index (χ0v) is 16.2. The summed E-state index contributed by atoms with van der Waals surface area (Å²) in [6.45, 7) is 0.806. The van der Waals surface area contributed by atoms with Crippen LogP contribution in [-0.4, -0.2) is 76.1 Å². The molecule has 0 spiro atoms. The minimum absolute atomic E-state index is 0.0560. The van der Waals surface area contributed by atoms with Crippen LogP contribution in [0.1, 0.15) is 26.4 Å². The molecule has 0 bridgehead atoms. The Hall–Kier alpha value is -3.45. The number of fused-ring (bicyclic) bond motifs is 1. The number of rotatable bonds is 8. The summed E-state index contributed by atoms with van der Waals surface area (Å²) < 4.78 is 6.54. The Bertz CT molecular complexity index is 951. The summed E-state index contributed by atoms with van der Waals surface area (Å²) in [5, 5.41) is 35.1. The molecule has 30 heavy (non-hydrogen) atoms. The van der Waals surface area contributed by atoms with E-state index in [9.17, 15) is 24.5 Å². The van der Waals surface area contributed by atoms with E-state index in [0.29, 0.717) is 18.7 Å². The average Bonchev–Trinajstić information content (AvgIpc) is 3.16. The van der Waals surface area contributed by atoms with E-state index in [1.807, 2.05) is 0 Å². The molecule has 0 unspecified atom stereocenters. The Balaban J connectivity index is 1.59. The third-order valence-corrected chi connectivity index (χ3v) is 4.43. The maximum atomic E-state index is 12.3. The highest BCUT2D eigenvalue weighted by molar-refractivity contribution is 6.47. The van der Waals surface area contributed by atoms with Gasteiger partial charge in [-0.2, -0.15) is 0 Å². The second-order valence-electron chi connectivity index (χ2n) is 6.65. The Morgan fingerprint density at radius 1 is 1.33 bits per heavy atom. The third-order valence-electron chi connectivity index (χ3n) is 4.43. The van der Waals surface area contributed by atoms with Crippen LogP contribution in [0.25, 0.3) is 0 Å². The molecule has 0 fully saturated rings. The molecule has 5 N–H and O–H groups in total. The highest BCUT2D eigenvalue weighted by Crippen LogP contribution is 2.30. The van der Waals surface area contributed by atoms with Crippen LogP contribution in [0.2, 0.25) is 0 Å². The molecule has 12 nitrogen and oxygen atoms in total. The summed E-state index contributed by atoms with van der Waals surface area (Å²) in [7, 11) is 0.352. The largest absolute Gasteiger partial charge is 0.547 e. The lowest BCUT2D eigenvalue weighted by molar-refractivity contribution is -0.122. The number of carboxylic acids is 1. The van der Waals surface area contributed by atoms with Crippen molar-refractivity contribution in [3.63, 3.8) is 0 Å². The highest BCUT2D eigenvalue weighted by atomic mass is 16.5. The second-order valence-corrected chi connectivity index (χ2v) is 6.65. The van der Waals surface area contributed by atoms with Crippen LogP contribution in [0.3, 0.4) is 0 Å². The monoisotopic (exact) mass is 416 g/mol. The van der Waals surface area contributed by atoms with Crippen LogP contribution in [0, 0.1) is 0 Å². The first-order chi connectivity index (χ1) is 14.4. The molecule has 2 heterocycles. The van der Waals surface area contributed by atoms with Gasteiger partial charge in [-0.1, -0.05) is 17.3 Å². The minimum Gasteiger partial charge on any atom is -0.534 e. The number of hydrogen-bond donors (Lipinski definition) is 5. The fraction of sp³-hybridized carbons (Fsp3) is 0.353. The van der Waals surface area contributed by atoms with Crippen molar-refractivity contribution in [3.8, 4) is 5.75 Å². The number of carbonyl (C=O) groups is 3. The number of likely N-dealkylation sites (N-methyl/N-ethyl adjacent to an activating group) is 1. The molecule has 1 aliphatic rings. The summed E-state index contributed by atoms with van der Waals surface area (Å²) in [4.78, 5) is 35.5. The van der Waals surface area contributed by atoms with Crippen molar-refractivity contribution in [1.82, 2.24) is 30.9 Å². The fourth-order valence-corrected chi connectivity index (χ4v) is 2.99. The maximum absolute atomic E-state index is 12.3. The quantitative estimate of drug-likeness (QED) is 0.243. The normalized spacial score (nSPS) is 15.1. The van der Waals surface area contributed by atoms with Crippen molar-refractivity contribution in [2.45, 2.75) is 18.9 Å². The number of aromatic nitrogens is 3. The van der Waals surface area contributed by atoms with Crippen LogP contribution >= 0.6 is 0 Å². The van der Waals surface area contributed by atoms with Gasteiger partial charge in [-0.25, -0.2) is 9.48 Å². The zero-order valence-electron chi connectivity index (χ0n) is 16.2. The van der Waals surface area contributed by atoms with Gasteiger partial charge in [0.1, 0.15) is 12.3 Å². The van der Waals surface area contributed by atoms with Crippen molar-refractivity contribution in [2.75, 3.05) is 20.1 Å². The summed E-state index contributed by atoms with van der Waals surface area (Å²) in [6.07, 6.45) is 1.54. The van der Waals surface area contributed by atoms with E-state index in [0.717, 1.165) is 0 Å². The number of carboxylic acid groups (broad SMARTS) is 1. The van der Waals surface area contributed by atoms with E-state index in [1.165, 1.54) is 16.9 Å². The van der Waals surface area contributed by atoms with Crippen molar-refractivity contribution >= 4 is 24.9 Å². The van der Waals surface area contributed by atoms with Crippen molar-refractivity contribution < 1.29 is 29.2 Å². The van der Waals surface area contributed by atoms with E-state index in [-0.39, 0.29) is 30.0 Å². The van der Waals surface area contributed by atoms with Crippen LogP contribution < -0.4 is 20.6 Å². The Labute approximate surface area is 171 Å². The van der Waals surface area contributed by atoms with Crippen LogP contribution in [-0.2, 0) is 17.8 Å². The van der Waals surface area contributed by atoms with Crippen molar-refractivity contribution in [3.05, 3.63) is 41.2 Å². The molecular weight excluding hydrogens is 395 g/mol. The van der Waals surface area contributed by atoms with Crippen LogP contribution in [0.15, 0.2) is 24.4 Å². The Morgan fingerprint density at radius 3 is 2.87 bits per heavy atom. The van der Waals surface area contributed by atoms with Gasteiger partial charge in [0.2, 0.25) is 5.91 Å². The molecule has 0 saturated heterocycles. The molecule has 1 aromatic carbocycles. The third kappa shape index (κ3) is 4.93. The van der Waals surface area contributed by atoms with Crippen LogP contribution in [0.5, 0.6) is 5.75 Å². The Kier molecular flexibility index (Phi) is 6.64. The topological polar surface area (TPSA) is 168 Å². The summed E-state index contributed by atoms with van der Waals surface area (Å²) in [6, 6.07) is 4.62. The van der Waals surface area contributed by atoms with Gasteiger partial charge in [0, 0.05) is 13.1 Å². The van der Waals surface area contributed by atoms with Crippen LogP contribution in [0.4, 0.5) is 0 Å². The van der Waals surface area contributed by atoms with Gasteiger partial charge in [0.25, 0.3) is 5.91 Å². The zero-order chi connectivity index (χ0) is 21.7. The lowest BCUT2D eigenvalue weighted by atomic mass is 9.72. The highest BCUT2D eigenvalue weighted by Gasteiger charge is 2.37. The predicted molar refractivity (Wildman–Crippen MR) is 104 cm³/mol. The molecule has 1 atom stereocenters. The first-order valence-corrected chi connectivity index (χ1v) is 9.21. The summed E-state index contributed by atoms with van der Waals surface area (Å²) in [5.41, 5.74) is 0.585. The van der Waals surface area contributed by atoms with Gasteiger partial charge in [0.15, 0.2) is 5.69 Å². The standard InChI is InChI=1S/C17H21BN6O6/c1-19-5-6-20-16(26)12-8-24(23-22-12)9-14(25)21-13-7-10-3-2-4-11(17(27)28)15(10)30-18(13)29/h2-4,8,13,19,29H,5-7,9H2,1H3,(H,20,26)(H,21,25)(H,27,28)/t13-/m0/s1. The smallest absolute Gasteiger partial charge is 0.534 e. The molecule has 0 radical (unpaired) electrons. The fourth-order valence-electron chi connectivity index (χ4n) is 2.99. The van der Waals surface area contributed by atoms with E-state index in [2.05, 4.69) is 26.3 Å². The number of amides is 2. The van der Waals surface area contributed by atoms with Gasteiger partial charge in [0.05, 0.1) is 17.7 Å². The molecule has 1 aliphatic heterocycles. The SMILES string of the molecule is CNCCNC(=O)c1cn(CC(=O)N[C@H]2Cc3cccc(C(=O)O)c3OB2O)nn1. The average molecular weight is 416 g/mol. The second kappa shape index (κ2) is 9.37. The number of aromatic carboxylic acids is 1. The van der Waals surface area contributed by atoms with E-state index in [1.54, 1.807) is 19.2 Å². The number of benzene rings is 1. The summed E-state index contributed by atoms with van der Waals surface area (Å²) in [5.74, 6) is -2.74. The van der Waals surface area contributed by atoms with Gasteiger partial charge >= 0.3 is 13.1 Å². The summed E-state index contributed by atoms with van der Waals surface area (Å²) >= 11 is 0. The molecular formula is C17H21BN6O6. The number of hydrogen-bond acceptors (Lipinski definition) is 8.